The van der Waals surface area contributed by atoms with Crippen LogP contribution in [0.1, 0.15) is 51.5 Å². The summed E-state index contributed by atoms with van der Waals surface area (Å²) >= 11 is 0. The molecular formula is C18H26N3O4-. The SMILES string of the molecule is CCCC12CN3CC(CCC)(CN(C1)C3c1ccc(N([O-])O)o1)C2=O. The van der Waals surface area contributed by atoms with Crippen molar-refractivity contribution in [1.29, 1.82) is 0 Å². The van der Waals surface area contributed by atoms with E-state index in [0.717, 1.165) is 51.9 Å². The van der Waals surface area contributed by atoms with Gasteiger partial charge in [0.05, 0.1) is 10.8 Å². The number of Topliss-reactive ketones (excluding diaryl/α,β-unsaturated/α-hetero) is 1. The summed E-state index contributed by atoms with van der Waals surface area (Å²) in [6.07, 6.45) is 3.79. The molecule has 1 aromatic rings. The van der Waals surface area contributed by atoms with E-state index in [1.165, 1.54) is 6.07 Å². The van der Waals surface area contributed by atoms with E-state index >= 15 is 0 Å². The van der Waals surface area contributed by atoms with Gasteiger partial charge in [0, 0.05) is 32.2 Å². The lowest BCUT2D eigenvalue weighted by atomic mass is 9.57. The Balaban J connectivity index is 1.69. The molecule has 138 valence electrons. The van der Waals surface area contributed by atoms with E-state index in [-0.39, 0.29) is 28.1 Å². The summed E-state index contributed by atoms with van der Waals surface area (Å²) in [6.45, 7) is 7.29. The van der Waals surface area contributed by atoms with Crippen LogP contribution >= 0.6 is 0 Å². The Hall–Kier alpha value is -1.41. The number of furan rings is 1. The van der Waals surface area contributed by atoms with Gasteiger partial charge in [-0.1, -0.05) is 26.7 Å². The number of hydrogen-bond acceptors (Lipinski definition) is 7. The van der Waals surface area contributed by atoms with Crippen LogP contribution in [0.2, 0.25) is 0 Å². The first-order chi connectivity index (χ1) is 11.9. The molecule has 25 heavy (non-hydrogen) atoms. The maximum atomic E-state index is 13.4. The molecule has 0 aromatic carbocycles. The van der Waals surface area contributed by atoms with Crippen molar-refractivity contribution in [3.8, 4) is 0 Å². The van der Waals surface area contributed by atoms with E-state index < -0.39 is 0 Å². The summed E-state index contributed by atoms with van der Waals surface area (Å²) in [5.41, 5.74) is -0.540. The number of piperidine rings is 2. The maximum absolute atomic E-state index is 13.4. The Morgan fingerprint density at radius 3 is 2.08 bits per heavy atom. The molecule has 5 rings (SSSR count). The fourth-order valence-electron chi connectivity index (χ4n) is 5.64. The number of carbonyl (C=O) groups is 1. The van der Waals surface area contributed by atoms with Crippen LogP contribution in [0.25, 0.3) is 0 Å². The Bertz CT molecular complexity index is 627. The summed E-state index contributed by atoms with van der Waals surface area (Å²) in [6, 6.07) is 3.24. The third-order valence-corrected chi connectivity index (χ3v) is 6.19. The van der Waals surface area contributed by atoms with E-state index in [1.807, 2.05) is 0 Å². The molecule has 7 heteroatoms. The van der Waals surface area contributed by atoms with Crippen LogP contribution in [-0.2, 0) is 4.79 Å². The van der Waals surface area contributed by atoms with Crippen molar-refractivity contribution in [2.75, 3.05) is 31.4 Å². The molecule has 0 amide bonds. The van der Waals surface area contributed by atoms with Crippen molar-refractivity contribution < 1.29 is 14.4 Å². The quantitative estimate of drug-likeness (QED) is 0.791. The first-order valence-corrected chi connectivity index (χ1v) is 9.23. The molecule has 0 radical (unpaired) electrons. The molecule has 0 spiro atoms. The van der Waals surface area contributed by atoms with Crippen molar-refractivity contribution in [3.63, 3.8) is 0 Å². The number of carbonyl (C=O) groups excluding carboxylic acids is 1. The van der Waals surface area contributed by atoms with Crippen LogP contribution in [-0.4, -0.2) is 47.0 Å². The highest BCUT2D eigenvalue weighted by atomic mass is 16.8. The van der Waals surface area contributed by atoms with Gasteiger partial charge in [0.25, 0.3) is 0 Å². The van der Waals surface area contributed by atoms with Crippen LogP contribution in [0.4, 0.5) is 5.88 Å². The zero-order valence-corrected chi connectivity index (χ0v) is 14.9. The summed E-state index contributed by atoms with van der Waals surface area (Å²) < 4.78 is 5.58. The Kier molecular flexibility index (Phi) is 3.95. The average Bonchev–Trinajstić information content (AvgIpc) is 3.02. The second-order valence-corrected chi connectivity index (χ2v) is 8.02. The first kappa shape index (κ1) is 17.0. The number of anilines is 1. The fourth-order valence-corrected chi connectivity index (χ4v) is 5.64. The molecule has 0 atom stereocenters. The molecule has 4 saturated heterocycles. The van der Waals surface area contributed by atoms with Crippen LogP contribution in [0.3, 0.4) is 0 Å². The van der Waals surface area contributed by atoms with Crippen LogP contribution in [0, 0.1) is 16.0 Å². The normalized spacial score (nSPS) is 39.2. The van der Waals surface area contributed by atoms with E-state index in [0.29, 0.717) is 11.5 Å². The molecule has 0 unspecified atom stereocenters. The molecule has 1 aromatic heterocycles. The van der Waals surface area contributed by atoms with Crippen molar-refractivity contribution >= 4 is 11.7 Å². The predicted octanol–water partition coefficient (Wildman–Crippen LogP) is 2.76. The van der Waals surface area contributed by atoms with Crippen LogP contribution in [0.15, 0.2) is 16.5 Å². The van der Waals surface area contributed by atoms with Gasteiger partial charge < -0.3 is 9.62 Å². The smallest absolute Gasteiger partial charge is 0.209 e. The maximum Gasteiger partial charge on any atom is 0.209 e. The molecule has 7 nitrogen and oxygen atoms in total. The summed E-state index contributed by atoms with van der Waals surface area (Å²) in [7, 11) is 0. The van der Waals surface area contributed by atoms with Crippen molar-refractivity contribution in [3.05, 3.63) is 23.1 Å². The Labute approximate surface area is 147 Å². The molecule has 0 aliphatic carbocycles. The zero-order chi connectivity index (χ0) is 17.8. The lowest BCUT2D eigenvalue weighted by Crippen LogP contribution is -2.76. The fraction of sp³-hybridized carbons (Fsp3) is 0.722. The molecule has 1 N–H and O–H groups in total. The standard InChI is InChI=1S/C18H26N3O4/c1-3-7-17-9-19-11-18(8-4-2,16(17)22)12-20(10-17)15(19)13-5-6-14(25-13)21(23)24/h5-6,15,23H,3-4,7-12H2,1-2H3/q-1. The Morgan fingerprint density at radius 2 is 1.68 bits per heavy atom. The second kappa shape index (κ2) is 5.81. The molecular weight excluding hydrogens is 322 g/mol. The Morgan fingerprint density at radius 1 is 1.16 bits per heavy atom. The molecule has 5 heterocycles. The molecule has 4 aliphatic rings. The predicted molar refractivity (Wildman–Crippen MR) is 91.9 cm³/mol. The molecule has 4 fully saturated rings. The van der Waals surface area contributed by atoms with Gasteiger partial charge in [0.15, 0.2) is 0 Å². The van der Waals surface area contributed by atoms with Crippen molar-refractivity contribution in [1.82, 2.24) is 9.80 Å². The number of nitrogens with zero attached hydrogens (tertiary/aromatic N) is 3. The van der Waals surface area contributed by atoms with Crippen LogP contribution in [0.5, 0.6) is 0 Å². The van der Waals surface area contributed by atoms with Crippen LogP contribution < -0.4 is 5.23 Å². The molecule has 0 saturated carbocycles. The van der Waals surface area contributed by atoms with Gasteiger partial charge >= 0.3 is 0 Å². The van der Waals surface area contributed by atoms with E-state index in [9.17, 15) is 10.0 Å². The molecule has 4 aliphatic heterocycles. The van der Waals surface area contributed by atoms with Crippen molar-refractivity contribution in [2.24, 2.45) is 10.8 Å². The minimum absolute atomic E-state index is 0.0586. The summed E-state index contributed by atoms with van der Waals surface area (Å²) in [4.78, 5) is 18.1. The highest BCUT2D eigenvalue weighted by molar-refractivity contribution is 5.93. The topological polar surface area (TPSA) is 83.2 Å². The van der Waals surface area contributed by atoms with E-state index in [2.05, 4.69) is 23.6 Å². The number of rotatable bonds is 6. The first-order valence-electron chi connectivity index (χ1n) is 9.23. The largest absolute Gasteiger partial charge is 0.731 e. The van der Waals surface area contributed by atoms with E-state index in [1.54, 1.807) is 6.07 Å². The third-order valence-electron chi connectivity index (χ3n) is 6.19. The third kappa shape index (κ3) is 2.37. The highest BCUT2D eigenvalue weighted by Crippen LogP contribution is 2.55. The van der Waals surface area contributed by atoms with Gasteiger partial charge in [-0.2, -0.15) is 0 Å². The summed E-state index contributed by atoms with van der Waals surface area (Å²) in [5.74, 6) is 1.03. The van der Waals surface area contributed by atoms with Gasteiger partial charge in [-0.05, 0) is 18.9 Å². The van der Waals surface area contributed by atoms with Gasteiger partial charge in [-0.25, -0.2) is 0 Å². The van der Waals surface area contributed by atoms with Gasteiger partial charge in [-0.15, -0.1) is 0 Å². The highest BCUT2D eigenvalue weighted by Gasteiger charge is 2.65. The van der Waals surface area contributed by atoms with Gasteiger partial charge in [-0.3, -0.25) is 25.0 Å². The summed E-state index contributed by atoms with van der Waals surface area (Å²) in [5, 5.41) is 19.9. The van der Waals surface area contributed by atoms with Gasteiger partial charge in [0.1, 0.15) is 17.7 Å². The number of hydrogen-bond donors (Lipinski definition) is 1. The monoisotopic (exact) mass is 348 g/mol. The lowest BCUT2D eigenvalue weighted by molar-refractivity contribution is -0.208. The molecule has 4 bridgehead atoms. The number of ketones is 1. The zero-order valence-electron chi connectivity index (χ0n) is 14.9. The van der Waals surface area contributed by atoms with Gasteiger partial charge in [0.2, 0.25) is 5.88 Å². The van der Waals surface area contributed by atoms with Crippen molar-refractivity contribution in [2.45, 2.75) is 45.7 Å². The minimum atomic E-state index is -0.270. The second-order valence-electron chi connectivity index (χ2n) is 8.02. The lowest BCUT2D eigenvalue weighted by Gasteiger charge is -2.66. The van der Waals surface area contributed by atoms with E-state index in [4.69, 9.17) is 9.62 Å². The minimum Gasteiger partial charge on any atom is -0.731 e. The average molecular weight is 348 g/mol.